The van der Waals surface area contributed by atoms with Gasteiger partial charge in [0.2, 0.25) is 0 Å². The molecule has 1 fully saturated rings. The normalized spacial score (nSPS) is 18.3. The molecule has 0 unspecified atom stereocenters. The van der Waals surface area contributed by atoms with E-state index in [2.05, 4.69) is 17.0 Å². The summed E-state index contributed by atoms with van der Waals surface area (Å²) in [5.41, 5.74) is 2.68. The first-order valence-corrected chi connectivity index (χ1v) is 9.42. The zero-order valence-electron chi connectivity index (χ0n) is 16.1. The number of carbonyl (C=O) groups excluding carboxylic acids is 1. The van der Waals surface area contributed by atoms with Gasteiger partial charge in [0, 0.05) is 30.8 Å². The summed E-state index contributed by atoms with van der Waals surface area (Å²) in [7, 11) is 0. The Morgan fingerprint density at radius 1 is 0.821 bits per heavy atom. The maximum absolute atomic E-state index is 13.1. The molecule has 1 aliphatic rings. The Kier molecular flexibility index (Phi) is 5.13. The molecule has 0 saturated carbocycles. The number of likely N-dealkylation sites (tertiary alicyclic amines) is 1. The Labute approximate surface area is 164 Å². The fourth-order valence-corrected chi connectivity index (χ4v) is 3.47. The Morgan fingerprint density at radius 3 is 1.82 bits per heavy atom. The number of hydrogen-bond acceptors (Lipinski definition) is 4. The standard InChI is InChI=1S/C24H23NO3/c1-17-8-10-22(27-17)12-20-15-25(14-19-6-4-3-5-7-19)16-21(24(20)26)13-23-11-9-18(2)28-23/h3-13H,14-16H2,1-2H3/b20-12-,21-13?. The number of piperidine rings is 1. The van der Waals surface area contributed by atoms with E-state index in [0.29, 0.717) is 24.6 Å². The molecule has 0 amide bonds. The van der Waals surface area contributed by atoms with Crippen LogP contribution in [0.1, 0.15) is 28.6 Å². The van der Waals surface area contributed by atoms with E-state index in [-0.39, 0.29) is 5.78 Å². The average molecular weight is 373 g/mol. The Hall–Kier alpha value is -3.11. The number of furan rings is 2. The van der Waals surface area contributed by atoms with Crippen LogP contribution in [-0.4, -0.2) is 23.8 Å². The van der Waals surface area contributed by atoms with Crippen molar-refractivity contribution in [3.05, 3.63) is 94.3 Å². The van der Waals surface area contributed by atoms with Gasteiger partial charge in [-0.05, 0) is 55.8 Å². The van der Waals surface area contributed by atoms with Gasteiger partial charge in [0.1, 0.15) is 23.0 Å². The second-order valence-electron chi connectivity index (χ2n) is 7.20. The van der Waals surface area contributed by atoms with Crippen molar-refractivity contribution in [2.24, 2.45) is 0 Å². The number of ketones is 1. The molecule has 1 aromatic carbocycles. The maximum Gasteiger partial charge on any atom is 0.187 e. The van der Waals surface area contributed by atoms with Crippen molar-refractivity contribution >= 4 is 17.9 Å². The monoisotopic (exact) mass is 373 g/mol. The first-order valence-electron chi connectivity index (χ1n) is 9.42. The number of Topliss-reactive ketones (excluding diaryl/α,β-unsaturated/α-hetero) is 1. The van der Waals surface area contributed by atoms with Crippen molar-refractivity contribution < 1.29 is 13.6 Å². The van der Waals surface area contributed by atoms with Crippen LogP contribution in [0.3, 0.4) is 0 Å². The van der Waals surface area contributed by atoms with Crippen LogP contribution in [0.4, 0.5) is 0 Å². The van der Waals surface area contributed by atoms with Crippen molar-refractivity contribution in [3.63, 3.8) is 0 Å². The third-order valence-corrected chi connectivity index (χ3v) is 4.78. The van der Waals surface area contributed by atoms with E-state index in [9.17, 15) is 4.79 Å². The minimum Gasteiger partial charge on any atom is -0.462 e. The van der Waals surface area contributed by atoms with Gasteiger partial charge in [-0.1, -0.05) is 30.3 Å². The molecule has 0 radical (unpaired) electrons. The maximum atomic E-state index is 13.1. The van der Waals surface area contributed by atoms with Crippen LogP contribution in [-0.2, 0) is 11.3 Å². The molecule has 2 aromatic heterocycles. The van der Waals surface area contributed by atoms with Gasteiger partial charge in [-0.15, -0.1) is 0 Å². The van der Waals surface area contributed by atoms with Crippen LogP contribution in [0.25, 0.3) is 12.2 Å². The molecule has 3 aromatic rings. The van der Waals surface area contributed by atoms with E-state index in [1.54, 1.807) is 0 Å². The van der Waals surface area contributed by atoms with Gasteiger partial charge in [0.25, 0.3) is 0 Å². The highest BCUT2D eigenvalue weighted by Gasteiger charge is 2.26. The Balaban J connectivity index is 1.66. The first kappa shape index (κ1) is 18.3. The summed E-state index contributed by atoms with van der Waals surface area (Å²) in [4.78, 5) is 15.4. The molecular formula is C24H23NO3. The molecule has 4 heteroatoms. The SMILES string of the molecule is Cc1ccc(C=C2CN(Cc3ccccc3)C/C(=C/c3ccc(C)o3)C2=O)o1. The van der Waals surface area contributed by atoms with Crippen molar-refractivity contribution in [1.82, 2.24) is 4.90 Å². The second-order valence-corrected chi connectivity index (χ2v) is 7.20. The zero-order chi connectivity index (χ0) is 19.5. The lowest BCUT2D eigenvalue weighted by molar-refractivity contribution is -0.113. The Morgan fingerprint density at radius 2 is 1.36 bits per heavy atom. The minimum absolute atomic E-state index is 0.0485. The molecular weight excluding hydrogens is 350 g/mol. The summed E-state index contributed by atoms with van der Waals surface area (Å²) in [6, 6.07) is 17.9. The summed E-state index contributed by atoms with van der Waals surface area (Å²) in [6.45, 7) is 5.75. The van der Waals surface area contributed by atoms with Crippen LogP contribution < -0.4 is 0 Å². The van der Waals surface area contributed by atoms with Crippen LogP contribution in [0.15, 0.2) is 74.6 Å². The minimum atomic E-state index is 0.0485. The largest absolute Gasteiger partial charge is 0.462 e. The summed E-state index contributed by atoms with van der Waals surface area (Å²) in [5.74, 6) is 3.12. The van der Waals surface area contributed by atoms with Gasteiger partial charge in [-0.25, -0.2) is 0 Å². The van der Waals surface area contributed by atoms with Crippen LogP contribution in [0.2, 0.25) is 0 Å². The molecule has 0 spiro atoms. The highest BCUT2D eigenvalue weighted by Crippen LogP contribution is 2.24. The van der Waals surface area contributed by atoms with Gasteiger partial charge in [0.15, 0.2) is 5.78 Å². The molecule has 142 valence electrons. The van der Waals surface area contributed by atoms with E-state index in [1.165, 1.54) is 5.56 Å². The summed E-state index contributed by atoms with van der Waals surface area (Å²) in [6.07, 6.45) is 3.71. The van der Waals surface area contributed by atoms with Gasteiger partial charge in [-0.2, -0.15) is 0 Å². The molecule has 3 heterocycles. The predicted molar refractivity (Wildman–Crippen MR) is 110 cm³/mol. The summed E-state index contributed by atoms with van der Waals surface area (Å²) >= 11 is 0. The third kappa shape index (κ3) is 4.24. The molecule has 0 N–H and O–H groups in total. The van der Waals surface area contributed by atoms with Crippen LogP contribution in [0.5, 0.6) is 0 Å². The molecule has 4 rings (SSSR count). The van der Waals surface area contributed by atoms with Gasteiger partial charge in [-0.3, -0.25) is 9.69 Å². The number of benzene rings is 1. The summed E-state index contributed by atoms with van der Waals surface area (Å²) < 4.78 is 11.3. The predicted octanol–water partition coefficient (Wildman–Crippen LogP) is 5.04. The molecule has 0 aliphatic carbocycles. The number of rotatable bonds is 4. The lowest BCUT2D eigenvalue weighted by atomic mass is 9.95. The lowest BCUT2D eigenvalue weighted by Crippen LogP contribution is -2.37. The highest BCUT2D eigenvalue weighted by atomic mass is 16.3. The molecule has 4 nitrogen and oxygen atoms in total. The van der Waals surface area contributed by atoms with Crippen molar-refractivity contribution in [1.29, 1.82) is 0 Å². The van der Waals surface area contributed by atoms with E-state index in [0.717, 1.165) is 29.2 Å². The van der Waals surface area contributed by atoms with E-state index < -0.39 is 0 Å². The summed E-state index contributed by atoms with van der Waals surface area (Å²) in [5, 5.41) is 0. The van der Waals surface area contributed by atoms with Gasteiger partial charge < -0.3 is 8.83 Å². The Bertz CT molecular complexity index is 975. The highest BCUT2D eigenvalue weighted by molar-refractivity contribution is 6.14. The van der Waals surface area contributed by atoms with Gasteiger partial charge >= 0.3 is 0 Å². The number of carbonyl (C=O) groups is 1. The third-order valence-electron chi connectivity index (χ3n) is 4.78. The van der Waals surface area contributed by atoms with E-state index in [4.69, 9.17) is 8.83 Å². The molecule has 28 heavy (non-hydrogen) atoms. The number of nitrogens with zero attached hydrogens (tertiary/aromatic N) is 1. The molecule has 1 aliphatic heterocycles. The average Bonchev–Trinajstić information content (AvgIpc) is 3.27. The topological polar surface area (TPSA) is 46.6 Å². The van der Waals surface area contributed by atoms with E-state index >= 15 is 0 Å². The first-order chi connectivity index (χ1) is 13.6. The van der Waals surface area contributed by atoms with Crippen molar-refractivity contribution in [3.8, 4) is 0 Å². The fourth-order valence-electron chi connectivity index (χ4n) is 3.47. The zero-order valence-corrected chi connectivity index (χ0v) is 16.1. The quantitative estimate of drug-likeness (QED) is 0.601. The van der Waals surface area contributed by atoms with E-state index in [1.807, 2.05) is 68.5 Å². The number of hydrogen-bond donors (Lipinski definition) is 0. The van der Waals surface area contributed by atoms with Gasteiger partial charge in [0.05, 0.1) is 0 Å². The molecule has 0 atom stereocenters. The number of aryl methyl sites for hydroxylation is 2. The van der Waals surface area contributed by atoms with Crippen LogP contribution >= 0.6 is 0 Å². The van der Waals surface area contributed by atoms with Crippen molar-refractivity contribution in [2.75, 3.05) is 13.1 Å². The molecule has 1 saturated heterocycles. The second kappa shape index (κ2) is 7.87. The van der Waals surface area contributed by atoms with Crippen molar-refractivity contribution in [2.45, 2.75) is 20.4 Å². The smallest absolute Gasteiger partial charge is 0.187 e. The van der Waals surface area contributed by atoms with Crippen LogP contribution in [0, 0.1) is 13.8 Å². The fraction of sp³-hybridized carbons (Fsp3) is 0.208. The lowest BCUT2D eigenvalue weighted by Gasteiger charge is -2.29. The molecule has 0 bridgehead atoms.